The fourth-order valence-electron chi connectivity index (χ4n) is 2.29. The van der Waals surface area contributed by atoms with Crippen LogP contribution in [0.3, 0.4) is 0 Å². The van der Waals surface area contributed by atoms with Gasteiger partial charge in [0.2, 0.25) is 0 Å². The molecule has 0 atom stereocenters. The van der Waals surface area contributed by atoms with Crippen molar-refractivity contribution >= 4 is 10.9 Å². The molecular weight excluding hydrogens is 254 g/mol. The summed E-state index contributed by atoms with van der Waals surface area (Å²) in [6.45, 7) is 0.398. The predicted molar refractivity (Wildman–Crippen MR) is 77.0 cm³/mol. The summed E-state index contributed by atoms with van der Waals surface area (Å²) in [5, 5.41) is 20.1. The number of hydrogen-bond donors (Lipinski definition) is 2. The lowest BCUT2D eigenvalue weighted by Gasteiger charge is -2.08. The van der Waals surface area contributed by atoms with Crippen molar-refractivity contribution in [2.45, 2.75) is 6.61 Å². The predicted octanol–water partition coefficient (Wildman–Crippen LogP) is 3.17. The van der Waals surface area contributed by atoms with Gasteiger partial charge in [-0.2, -0.15) is 0 Å². The standard InChI is InChI=1S/C16H15NO3/c1-17-12(9-11-3-2-4-15(19)16(11)17)10-20-14-7-5-13(18)6-8-14/h2-9,18-19H,10H2,1H3. The lowest BCUT2D eigenvalue weighted by molar-refractivity contribution is 0.297. The third kappa shape index (κ3) is 2.16. The maximum Gasteiger partial charge on any atom is 0.139 e. The third-order valence-corrected chi connectivity index (χ3v) is 3.36. The summed E-state index contributed by atoms with van der Waals surface area (Å²) >= 11 is 0. The summed E-state index contributed by atoms with van der Waals surface area (Å²) in [6.07, 6.45) is 0. The molecule has 0 saturated carbocycles. The van der Waals surface area contributed by atoms with Crippen molar-refractivity contribution < 1.29 is 14.9 Å². The van der Waals surface area contributed by atoms with Crippen LogP contribution in [-0.4, -0.2) is 14.8 Å². The van der Waals surface area contributed by atoms with E-state index in [-0.39, 0.29) is 11.5 Å². The average Bonchev–Trinajstić information content (AvgIpc) is 2.76. The second-order valence-corrected chi connectivity index (χ2v) is 4.69. The molecule has 0 unspecified atom stereocenters. The molecule has 3 aromatic rings. The molecule has 1 aromatic heterocycles. The molecule has 0 spiro atoms. The first-order valence-electron chi connectivity index (χ1n) is 6.33. The van der Waals surface area contributed by atoms with E-state index in [9.17, 15) is 10.2 Å². The molecule has 0 aliphatic heterocycles. The van der Waals surface area contributed by atoms with E-state index in [0.29, 0.717) is 12.4 Å². The zero-order valence-electron chi connectivity index (χ0n) is 11.1. The SMILES string of the molecule is Cn1c(COc2ccc(O)cc2)cc2cccc(O)c21. The Morgan fingerprint density at radius 3 is 2.50 bits per heavy atom. The number of fused-ring (bicyclic) bond motifs is 1. The van der Waals surface area contributed by atoms with Crippen LogP contribution in [0.25, 0.3) is 10.9 Å². The van der Waals surface area contributed by atoms with Crippen LogP contribution in [0.4, 0.5) is 0 Å². The van der Waals surface area contributed by atoms with Crippen molar-refractivity contribution in [1.29, 1.82) is 0 Å². The molecule has 0 aliphatic rings. The number of aryl methyl sites for hydroxylation is 1. The van der Waals surface area contributed by atoms with E-state index >= 15 is 0 Å². The number of aromatic nitrogens is 1. The summed E-state index contributed by atoms with van der Waals surface area (Å²) in [5.41, 5.74) is 1.77. The highest BCUT2D eigenvalue weighted by atomic mass is 16.5. The Morgan fingerprint density at radius 1 is 1.05 bits per heavy atom. The normalized spacial score (nSPS) is 10.8. The van der Waals surface area contributed by atoms with Gasteiger partial charge in [0.05, 0.1) is 11.2 Å². The molecule has 0 fully saturated rings. The van der Waals surface area contributed by atoms with Crippen molar-refractivity contribution in [2.24, 2.45) is 7.05 Å². The van der Waals surface area contributed by atoms with Gasteiger partial charge >= 0.3 is 0 Å². The first kappa shape index (κ1) is 12.4. The molecule has 0 saturated heterocycles. The van der Waals surface area contributed by atoms with Crippen molar-refractivity contribution in [1.82, 2.24) is 4.57 Å². The first-order valence-corrected chi connectivity index (χ1v) is 6.33. The minimum absolute atomic E-state index is 0.215. The second kappa shape index (κ2) is 4.81. The van der Waals surface area contributed by atoms with Gasteiger partial charge in [-0.25, -0.2) is 0 Å². The summed E-state index contributed by atoms with van der Waals surface area (Å²) in [6, 6.07) is 14.1. The lowest BCUT2D eigenvalue weighted by atomic mass is 10.2. The Kier molecular flexibility index (Phi) is 2.99. The average molecular weight is 269 g/mol. The molecule has 0 radical (unpaired) electrons. The third-order valence-electron chi connectivity index (χ3n) is 3.36. The molecule has 4 heteroatoms. The minimum atomic E-state index is 0.215. The summed E-state index contributed by atoms with van der Waals surface area (Å²) < 4.78 is 7.61. The van der Waals surface area contributed by atoms with Gasteiger partial charge in [0.15, 0.2) is 0 Å². The Hall–Kier alpha value is -2.62. The van der Waals surface area contributed by atoms with Crippen molar-refractivity contribution in [3.05, 3.63) is 54.2 Å². The van der Waals surface area contributed by atoms with Gasteiger partial charge in [-0.05, 0) is 36.4 Å². The number of hydrogen-bond acceptors (Lipinski definition) is 3. The van der Waals surface area contributed by atoms with Gasteiger partial charge in [0.25, 0.3) is 0 Å². The fraction of sp³-hybridized carbons (Fsp3) is 0.125. The van der Waals surface area contributed by atoms with Crippen LogP contribution < -0.4 is 4.74 Å². The number of phenols is 2. The number of para-hydroxylation sites is 1. The van der Waals surface area contributed by atoms with Crippen LogP contribution in [0, 0.1) is 0 Å². The summed E-state index contributed by atoms with van der Waals surface area (Å²) in [4.78, 5) is 0. The smallest absolute Gasteiger partial charge is 0.139 e. The maximum atomic E-state index is 9.89. The second-order valence-electron chi connectivity index (χ2n) is 4.69. The van der Waals surface area contributed by atoms with E-state index < -0.39 is 0 Å². The highest BCUT2D eigenvalue weighted by molar-refractivity contribution is 5.86. The number of nitrogens with zero attached hydrogens (tertiary/aromatic N) is 1. The summed E-state index contributed by atoms with van der Waals surface area (Å²) in [7, 11) is 1.90. The maximum absolute atomic E-state index is 9.89. The Morgan fingerprint density at radius 2 is 1.80 bits per heavy atom. The molecule has 1 heterocycles. The van der Waals surface area contributed by atoms with Crippen LogP contribution in [0.1, 0.15) is 5.69 Å². The molecule has 20 heavy (non-hydrogen) atoms. The zero-order chi connectivity index (χ0) is 14.1. The fourth-order valence-corrected chi connectivity index (χ4v) is 2.29. The van der Waals surface area contributed by atoms with E-state index in [0.717, 1.165) is 16.6 Å². The van der Waals surface area contributed by atoms with Gasteiger partial charge in [-0.1, -0.05) is 12.1 Å². The van der Waals surface area contributed by atoms with Gasteiger partial charge in [0, 0.05) is 12.4 Å². The van der Waals surface area contributed by atoms with E-state index in [1.165, 1.54) is 0 Å². The topological polar surface area (TPSA) is 54.6 Å². The quantitative estimate of drug-likeness (QED) is 0.768. The largest absolute Gasteiger partial charge is 0.508 e. The highest BCUT2D eigenvalue weighted by Crippen LogP contribution is 2.27. The van der Waals surface area contributed by atoms with Gasteiger partial charge in [0.1, 0.15) is 23.9 Å². The Balaban J connectivity index is 1.86. The van der Waals surface area contributed by atoms with Crippen molar-refractivity contribution in [3.63, 3.8) is 0 Å². The molecule has 2 aromatic carbocycles. The minimum Gasteiger partial charge on any atom is -0.508 e. The monoisotopic (exact) mass is 269 g/mol. The lowest BCUT2D eigenvalue weighted by Crippen LogP contribution is -2.01. The van der Waals surface area contributed by atoms with E-state index in [1.54, 1.807) is 30.3 Å². The molecule has 0 aliphatic carbocycles. The number of ether oxygens (including phenoxy) is 1. The van der Waals surface area contributed by atoms with Gasteiger partial charge in [-0.15, -0.1) is 0 Å². The molecule has 0 amide bonds. The Bertz CT molecular complexity index is 744. The van der Waals surface area contributed by atoms with Crippen LogP contribution in [-0.2, 0) is 13.7 Å². The molecule has 3 rings (SSSR count). The molecule has 2 N–H and O–H groups in total. The molecule has 4 nitrogen and oxygen atoms in total. The molecule has 102 valence electrons. The molecular formula is C16H15NO3. The van der Waals surface area contributed by atoms with E-state index in [4.69, 9.17) is 4.74 Å². The Labute approximate surface area is 116 Å². The van der Waals surface area contributed by atoms with Gasteiger partial charge < -0.3 is 19.5 Å². The van der Waals surface area contributed by atoms with E-state index in [1.807, 2.05) is 29.8 Å². The van der Waals surface area contributed by atoms with Crippen LogP contribution in [0.15, 0.2) is 48.5 Å². The number of benzene rings is 2. The highest BCUT2D eigenvalue weighted by Gasteiger charge is 2.09. The van der Waals surface area contributed by atoms with Crippen molar-refractivity contribution in [3.8, 4) is 17.2 Å². The molecule has 0 bridgehead atoms. The van der Waals surface area contributed by atoms with Crippen LogP contribution in [0.5, 0.6) is 17.2 Å². The van der Waals surface area contributed by atoms with Gasteiger partial charge in [-0.3, -0.25) is 0 Å². The first-order chi connectivity index (χ1) is 9.65. The number of phenolic OH excluding ortho intramolecular Hbond substituents is 2. The van der Waals surface area contributed by atoms with Crippen LogP contribution >= 0.6 is 0 Å². The van der Waals surface area contributed by atoms with E-state index in [2.05, 4.69) is 0 Å². The zero-order valence-corrected chi connectivity index (χ0v) is 11.1. The number of aromatic hydroxyl groups is 2. The number of rotatable bonds is 3. The summed E-state index contributed by atoms with van der Waals surface area (Å²) in [5.74, 6) is 1.17. The van der Waals surface area contributed by atoms with Crippen LogP contribution in [0.2, 0.25) is 0 Å². The van der Waals surface area contributed by atoms with Crippen molar-refractivity contribution in [2.75, 3.05) is 0 Å².